The van der Waals surface area contributed by atoms with E-state index in [2.05, 4.69) is 15.8 Å². The quantitative estimate of drug-likeness (QED) is 0.353. The normalized spacial score (nSPS) is 10.8. The van der Waals surface area contributed by atoms with Gasteiger partial charge in [0.2, 0.25) is 0 Å². The van der Waals surface area contributed by atoms with Crippen LogP contribution in [0, 0.1) is 10.1 Å². The Morgan fingerprint density at radius 1 is 1.15 bits per heavy atom. The van der Waals surface area contributed by atoms with E-state index in [9.17, 15) is 20.0 Å². The molecular formula is C19H16N4O4. The molecule has 136 valence electrons. The Kier molecular flexibility index (Phi) is 5.27. The van der Waals surface area contributed by atoms with E-state index >= 15 is 0 Å². The molecule has 3 aromatic rings. The van der Waals surface area contributed by atoms with Crippen LogP contribution in [-0.2, 0) is 4.79 Å². The number of phenolic OH excluding ortho intramolecular Hbond substituents is 1. The minimum atomic E-state index is -0.593. The van der Waals surface area contributed by atoms with Gasteiger partial charge in [0.05, 0.1) is 23.2 Å². The number of rotatable bonds is 6. The van der Waals surface area contributed by atoms with E-state index in [0.29, 0.717) is 0 Å². The van der Waals surface area contributed by atoms with E-state index in [-0.39, 0.29) is 23.5 Å². The van der Waals surface area contributed by atoms with E-state index < -0.39 is 10.8 Å². The standard InChI is InChI=1S/C19H16N4O4/c24-15-8-9-18(23(26)27)14(10-15)11-21-22-19(25)12-20-17-7-3-5-13-4-1-2-6-16(13)17/h1-11,20,24H,12H2,(H,22,25)/b21-11+. The van der Waals surface area contributed by atoms with Gasteiger partial charge in [-0.1, -0.05) is 36.4 Å². The van der Waals surface area contributed by atoms with Crippen LogP contribution in [0.4, 0.5) is 11.4 Å². The number of fused-ring (bicyclic) bond motifs is 1. The van der Waals surface area contributed by atoms with E-state index in [4.69, 9.17) is 0 Å². The van der Waals surface area contributed by atoms with Gasteiger partial charge in [-0.05, 0) is 23.6 Å². The molecule has 8 nitrogen and oxygen atoms in total. The first-order valence-corrected chi connectivity index (χ1v) is 8.05. The topological polar surface area (TPSA) is 117 Å². The predicted octanol–water partition coefficient (Wildman–Crippen LogP) is 3.02. The van der Waals surface area contributed by atoms with E-state index in [1.807, 2.05) is 42.5 Å². The van der Waals surface area contributed by atoms with Crippen molar-refractivity contribution in [2.24, 2.45) is 5.10 Å². The van der Waals surface area contributed by atoms with Crippen molar-refractivity contribution in [3.63, 3.8) is 0 Å². The Labute approximate surface area is 154 Å². The number of nitro groups is 1. The Balaban J connectivity index is 1.63. The van der Waals surface area contributed by atoms with Gasteiger partial charge in [-0.3, -0.25) is 14.9 Å². The highest BCUT2D eigenvalue weighted by molar-refractivity contribution is 5.95. The second-order valence-corrected chi connectivity index (χ2v) is 5.67. The molecule has 3 aromatic carbocycles. The van der Waals surface area contributed by atoms with Gasteiger partial charge in [-0.25, -0.2) is 5.43 Å². The smallest absolute Gasteiger partial charge is 0.278 e. The number of carbonyl (C=O) groups is 1. The van der Waals surface area contributed by atoms with Gasteiger partial charge in [-0.15, -0.1) is 0 Å². The van der Waals surface area contributed by atoms with Gasteiger partial charge in [-0.2, -0.15) is 5.10 Å². The van der Waals surface area contributed by atoms with Crippen molar-refractivity contribution in [3.05, 3.63) is 76.3 Å². The molecule has 3 N–H and O–H groups in total. The van der Waals surface area contributed by atoms with Crippen LogP contribution in [0.15, 0.2) is 65.8 Å². The highest BCUT2D eigenvalue weighted by Gasteiger charge is 2.12. The lowest BCUT2D eigenvalue weighted by Gasteiger charge is -2.08. The van der Waals surface area contributed by atoms with Crippen LogP contribution in [0.5, 0.6) is 5.75 Å². The van der Waals surface area contributed by atoms with Gasteiger partial charge in [0, 0.05) is 17.1 Å². The summed E-state index contributed by atoms with van der Waals surface area (Å²) in [5.74, 6) is -0.548. The number of nitrogens with one attached hydrogen (secondary N) is 2. The van der Waals surface area contributed by atoms with Gasteiger partial charge in [0.1, 0.15) is 5.75 Å². The van der Waals surface area contributed by atoms with Crippen LogP contribution < -0.4 is 10.7 Å². The second-order valence-electron chi connectivity index (χ2n) is 5.67. The number of amides is 1. The summed E-state index contributed by atoms with van der Waals surface area (Å²) in [6, 6.07) is 17.1. The molecule has 0 aliphatic carbocycles. The summed E-state index contributed by atoms with van der Waals surface area (Å²) in [5.41, 5.74) is 2.98. The molecule has 0 saturated carbocycles. The van der Waals surface area contributed by atoms with Crippen LogP contribution >= 0.6 is 0 Å². The zero-order valence-electron chi connectivity index (χ0n) is 14.1. The van der Waals surface area contributed by atoms with Gasteiger partial charge in [0.15, 0.2) is 0 Å². The first-order valence-electron chi connectivity index (χ1n) is 8.05. The highest BCUT2D eigenvalue weighted by Crippen LogP contribution is 2.23. The van der Waals surface area contributed by atoms with Crippen molar-refractivity contribution in [1.82, 2.24) is 5.43 Å². The summed E-state index contributed by atoms with van der Waals surface area (Å²) >= 11 is 0. The Hall–Kier alpha value is -3.94. The number of nitro benzene ring substituents is 1. The van der Waals surface area contributed by atoms with Crippen molar-refractivity contribution in [3.8, 4) is 5.75 Å². The maximum absolute atomic E-state index is 12.0. The maximum atomic E-state index is 12.0. The molecule has 0 spiro atoms. The SMILES string of the molecule is O=C(CNc1cccc2ccccc12)N/N=C/c1cc(O)ccc1[N+](=O)[O-]. The van der Waals surface area contributed by atoms with Crippen molar-refractivity contribution >= 4 is 34.3 Å². The molecule has 0 aromatic heterocycles. The van der Waals surface area contributed by atoms with Gasteiger partial charge >= 0.3 is 0 Å². The maximum Gasteiger partial charge on any atom is 0.278 e. The average molecular weight is 364 g/mol. The molecule has 0 aliphatic rings. The average Bonchev–Trinajstić information content (AvgIpc) is 2.66. The lowest BCUT2D eigenvalue weighted by atomic mass is 10.1. The zero-order chi connectivity index (χ0) is 19.2. The van der Waals surface area contributed by atoms with Crippen LogP contribution in [-0.4, -0.2) is 28.7 Å². The number of benzene rings is 3. The van der Waals surface area contributed by atoms with E-state index in [1.165, 1.54) is 18.2 Å². The molecule has 0 aliphatic heterocycles. The number of hydrazone groups is 1. The van der Waals surface area contributed by atoms with Crippen LogP contribution in [0.1, 0.15) is 5.56 Å². The molecule has 8 heteroatoms. The summed E-state index contributed by atoms with van der Waals surface area (Å²) in [5, 5.41) is 29.2. The monoisotopic (exact) mass is 364 g/mol. The first kappa shape index (κ1) is 17.9. The predicted molar refractivity (Wildman–Crippen MR) is 103 cm³/mol. The molecule has 0 radical (unpaired) electrons. The van der Waals surface area contributed by atoms with Crippen molar-refractivity contribution in [1.29, 1.82) is 0 Å². The fourth-order valence-corrected chi connectivity index (χ4v) is 2.58. The number of hydrogen-bond acceptors (Lipinski definition) is 6. The molecule has 0 unspecified atom stereocenters. The van der Waals surface area contributed by atoms with Crippen LogP contribution in [0.3, 0.4) is 0 Å². The third-order valence-corrected chi connectivity index (χ3v) is 3.83. The Bertz CT molecular complexity index is 1030. The molecule has 0 bridgehead atoms. The summed E-state index contributed by atoms with van der Waals surface area (Å²) in [4.78, 5) is 22.3. The minimum Gasteiger partial charge on any atom is -0.508 e. The molecule has 3 rings (SSSR count). The van der Waals surface area contributed by atoms with Crippen molar-refractivity contribution < 1.29 is 14.8 Å². The number of carbonyl (C=O) groups excluding carboxylic acids is 1. The zero-order valence-corrected chi connectivity index (χ0v) is 14.1. The highest BCUT2D eigenvalue weighted by atomic mass is 16.6. The molecule has 0 saturated heterocycles. The third-order valence-electron chi connectivity index (χ3n) is 3.83. The fourth-order valence-electron chi connectivity index (χ4n) is 2.58. The number of aromatic hydroxyl groups is 1. The third kappa shape index (κ3) is 4.37. The van der Waals surface area contributed by atoms with Gasteiger partial charge < -0.3 is 10.4 Å². The molecule has 27 heavy (non-hydrogen) atoms. The lowest BCUT2D eigenvalue weighted by molar-refractivity contribution is -0.385. The Morgan fingerprint density at radius 2 is 1.93 bits per heavy atom. The Morgan fingerprint density at radius 3 is 2.74 bits per heavy atom. The van der Waals surface area contributed by atoms with Crippen LogP contribution in [0.25, 0.3) is 10.8 Å². The number of nitrogens with zero attached hydrogens (tertiary/aromatic N) is 2. The fraction of sp³-hybridized carbons (Fsp3) is 0.0526. The van der Waals surface area contributed by atoms with Crippen LogP contribution in [0.2, 0.25) is 0 Å². The molecule has 0 heterocycles. The van der Waals surface area contributed by atoms with E-state index in [1.54, 1.807) is 0 Å². The van der Waals surface area contributed by atoms with Gasteiger partial charge in [0.25, 0.3) is 11.6 Å². The summed E-state index contributed by atoms with van der Waals surface area (Å²) in [6.07, 6.45) is 1.12. The summed E-state index contributed by atoms with van der Waals surface area (Å²) in [7, 11) is 0. The second kappa shape index (κ2) is 7.96. The lowest BCUT2D eigenvalue weighted by Crippen LogP contribution is -2.26. The van der Waals surface area contributed by atoms with E-state index in [0.717, 1.165) is 22.7 Å². The summed E-state index contributed by atoms with van der Waals surface area (Å²) in [6.45, 7) is -0.0204. The van der Waals surface area contributed by atoms with Crippen molar-refractivity contribution in [2.75, 3.05) is 11.9 Å². The molecule has 1 amide bonds. The molecule has 0 fully saturated rings. The number of anilines is 1. The van der Waals surface area contributed by atoms with Crippen molar-refractivity contribution in [2.45, 2.75) is 0 Å². The molecule has 0 atom stereocenters. The largest absolute Gasteiger partial charge is 0.508 e. The minimum absolute atomic E-state index is 0.0204. The first-order chi connectivity index (χ1) is 13.0. The number of hydrogen-bond donors (Lipinski definition) is 3. The molecular weight excluding hydrogens is 348 g/mol. The number of phenols is 1. The summed E-state index contributed by atoms with van der Waals surface area (Å²) < 4.78 is 0.